The molecule has 0 saturated heterocycles. The molecule has 2 atom stereocenters. The fourth-order valence-electron chi connectivity index (χ4n) is 4.93. The number of nitrogens with one attached hydrogen (secondary N) is 1. The number of hydrogen-bond donors (Lipinski definition) is 1. The van der Waals surface area contributed by atoms with Gasteiger partial charge in [-0.05, 0) is 51.3 Å². The molecule has 7 nitrogen and oxygen atoms in total. The number of hydrogen-bond acceptors (Lipinski definition) is 5. The van der Waals surface area contributed by atoms with Crippen LogP contribution in [-0.4, -0.2) is 36.3 Å². The maximum absolute atomic E-state index is 13.8. The van der Waals surface area contributed by atoms with Crippen molar-refractivity contribution in [2.75, 3.05) is 0 Å². The summed E-state index contributed by atoms with van der Waals surface area (Å²) in [6.07, 6.45) is 0.998. The number of para-hydroxylation sites is 1. The van der Waals surface area contributed by atoms with Crippen molar-refractivity contribution in [2.24, 2.45) is 5.92 Å². The van der Waals surface area contributed by atoms with Gasteiger partial charge in [0.05, 0.1) is 11.3 Å². The first kappa shape index (κ1) is 27.6. The van der Waals surface area contributed by atoms with Crippen molar-refractivity contribution in [1.29, 1.82) is 0 Å². The normalized spacial score (nSPS) is 13.1. The number of aryl methyl sites for hydroxylation is 1. The molecule has 200 valence electrons. The Bertz CT molecular complexity index is 1420. The maximum atomic E-state index is 13.8. The van der Waals surface area contributed by atoms with Gasteiger partial charge >= 0.3 is 0 Å². The van der Waals surface area contributed by atoms with E-state index in [9.17, 15) is 9.59 Å². The van der Waals surface area contributed by atoms with Crippen LogP contribution in [0.5, 0.6) is 0 Å². The van der Waals surface area contributed by atoms with Crippen LogP contribution in [0.15, 0.2) is 59.8 Å². The van der Waals surface area contributed by atoms with Crippen molar-refractivity contribution >= 4 is 34.4 Å². The first-order valence-corrected chi connectivity index (χ1v) is 14.2. The number of carbonyl (C=O) groups is 2. The van der Waals surface area contributed by atoms with E-state index in [4.69, 9.17) is 0 Å². The fourth-order valence-corrected chi connectivity index (χ4v) is 5.91. The summed E-state index contributed by atoms with van der Waals surface area (Å²) in [4.78, 5) is 26.7. The molecular formula is C30H37N5O2S. The highest BCUT2D eigenvalue weighted by molar-refractivity contribution is 8.00. The van der Waals surface area contributed by atoms with Crippen molar-refractivity contribution in [2.45, 2.75) is 77.5 Å². The minimum absolute atomic E-state index is 0.0866. The molecule has 4 aromatic rings. The lowest BCUT2D eigenvalue weighted by Crippen LogP contribution is -2.33. The van der Waals surface area contributed by atoms with Crippen LogP contribution in [0.3, 0.4) is 0 Å². The summed E-state index contributed by atoms with van der Waals surface area (Å²) in [7, 11) is 0. The van der Waals surface area contributed by atoms with Crippen LogP contribution in [0.1, 0.15) is 79.3 Å². The van der Waals surface area contributed by atoms with Crippen LogP contribution >= 0.6 is 11.8 Å². The van der Waals surface area contributed by atoms with E-state index in [1.807, 2.05) is 61.7 Å². The lowest BCUT2D eigenvalue weighted by Gasteiger charge is -2.22. The van der Waals surface area contributed by atoms with Gasteiger partial charge in [0, 0.05) is 40.8 Å². The van der Waals surface area contributed by atoms with Crippen LogP contribution in [0.25, 0.3) is 10.9 Å². The van der Waals surface area contributed by atoms with Gasteiger partial charge in [-0.3, -0.25) is 9.59 Å². The summed E-state index contributed by atoms with van der Waals surface area (Å²) in [6.45, 7) is 13.8. The first-order valence-electron chi connectivity index (χ1n) is 13.4. The van der Waals surface area contributed by atoms with Gasteiger partial charge < -0.3 is 14.5 Å². The summed E-state index contributed by atoms with van der Waals surface area (Å²) >= 11 is 1.42. The molecule has 0 fully saturated rings. The Labute approximate surface area is 229 Å². The molecular weight excluding hydrogens is 494 g/mol. The Morgan fingerprint density at radius 2 is 1.63 bits per heavy atom. The standard InChI is InChI=1S/C30H37N5O2S/c1-7-18-35-20(5)25(23-16-12-13-17-24(23)35)27(36)21(6)38-30-33-32-28(34(30)8-2)26(19(3)4)31-29(37)22-14-10-9-11-15-22/h9-17,19,21,26H,7-8,18H2,1-6H3,(H,31,37). The minimum atomic E-state index is -0.353. The predicted molar refractivity (Wildman–Crippen MR) is 154 cm³/mol. The zero-order chi connectivity index (χ0) is 27.4. The van der Waals surface area contributed by atoms with E-state index in [1.54, 1.807) is 12.1 Å². The van der Waals surface area contributed by atoms with Gasteiger partial charge in [-0.15, -0.1) is 10.2 Å². The van der Waals surface area contributed by atoms with E-state index in [-0.39, 0.29) is 28.9 Å². The van der Waals surface area contributed by atoms with E-state index in [2.05, 4.69) is 46.9 Å². The molecule has 1 N–H and O–H groups in total. The Morgan fingerprint density at radius 3 is 2.29 bits per heavy atom. The number of rotatable bonds is 11. The molecule has 4 rings (SSSR count). The summed E-state index contributed by atoms with van der Waals surface area (Å²) in [5.41, 5.74) is 3.49. The summed E-state index contributed by atoms with van der Waals surface area (Å²) in [6, 6.07) is 17.0. The third kappa shape index (κ3) is 5.41. The molecule has 2 heterocycles. The van der Waals surface area contributed by atoms with Gasteiger partial charge in [0.1, 0.15) is 0 Å². The molecule has 0 aliphatic carbocycles. The number of Topliss-reactive ketones (excluding diaryl/α,β-unsaturated/α-hetero) is 1. The maximum Gasteiger partial charge on any atom is 0.251 e. The molecule has 0 aliphatic heterocycles. The molecule has 0 saturated carbocycles. The molecule has 0 bridgehead atoms. The fraction of sp³-hybridized carbons (Fsp3) is 0.400. The quantitative estimate of drug-likeness (QED) is 0.177. The Kier molecular flexibility index (Phi) is 8.72. The second-order valence-electron chi connectivity index (χ2n) is 9.90. The minimum Gasteiger partial charge on any atom is -0.344 e. The van der Waals surface area contributed by atoms with Gasteiger partial charge in [-0.2, -0.15) is 0 Å². The van der Waals surface area contributed by atoms with Crippen LogP contribution in [0.4, 0.5) is 0 Å². The van der Waals surface area contributed by atoms with Crippen molar-refractivity contribution in [3.8, 4) is 0 Å². The van der Waals surface area contributed by atoms with E-state index in [0.29, 0.717) is 23.1 Å². The highest BCUT2D eigenvalue weighted by Gasteiger charge is 2.29. The number of nitrogens with zero attached hydrogens (tertiary/aromatic N) is 4. The molecule has 1 amide bonds. The van der Waals surface area contributed by atoms with Crippen LogP contribution < -0.4 is 5.32 Å². The van der Waals surface area contributed by atoms with E-state index < -0.39 is 0 Å². The number of thioether (sulfide) groups is 1. The number of fused-ring (bicyclic) bond motifs is 1. The molecule has 2 unspecified atom stereocenters. The third-order valence-corrected chi connectivity index (χ3v) is 7.99. The lowest BCUT2D eigenvalue weighted by atomic mass is 10.0. The zero-order valence-corrected chi connectivity index (χ0v) is 23.9. The molecule has 8 heteroatoms. The van der Waals surface area contributed by atoms with Gasteiger partial charge in [0.15, 0.2) is 16.8 Å². The van der Waals surface area contributed by atoms with E-state index in [1.165, 1.54) is 11.8 Å². The second kappa shape index (κ2) is 12.0. The van der Waals surface area contributed by atoms with Gasteiger partial charge in [-0.1, -0.05) is 68.9 Å². The van der Waals surface area contributed by atoms with Gasteiger partial charge in [-0.25, -0.2) is 0 Å². The summed E-state index contributed by atoms with van der Waals surface area (Å²) in [5, 5.41) is 13.4. The first-order chi connectivity index (χ1) is 18.3. The number of carbonyl (C=O) groups excluding carboxylic acids is 2. The molecule has 0 aliphatic rings. The van der Waals surface area contributed by atoms with Crippen LogP contribution in [0, 0.1) is 12.8 Å². The summed E-state index contributed by atoms with van der Waals surface area (Å²) < 4.78 is 4.26. The number of benzene rings is 2. The average molecular weight is 532 g/mol. The monoisotopic (exact) mass is 531 g/mol. The number of aromatic nitrogens is 4. The molecule has 0 radical (unpaired) electrons. The molecule has 0 spiro atoms. The Balaban J connectivity index is 1.61. The van der Waals surface area contributed by atoms with Crippen molar-refractivity contribution in [1.82, 2.24) is 24.6 Å². The topological polar surface area (TPSA) is 81.8 Å². The smallest absolute Gasteiger partial charge is 0.251 e. The Morgan fingerprint density at radius 1 is 0.947 bits per heavy atom. The van der Waals surface area contributed by atoms with Crippen LogP contribution in [0.2, 0.25) is 0 Å². The van der Waals surface area contributed by atoms with Crippen molar-refractivity contribution in [3.63, 3.8) is 0 Å². The third-order valence-electron chi connectivity index (χ3n) is 6.90. The zero-order valence-electron chi connectivity index (χ0n) is 23.1. The predicted octanol–water partition coefficient (Wildman–Crippen LogP) is 6.46. The van der Waals surface area contributed by atoms with E-state index in [0.717, 1.165) is 35.1 Å². The van der Waals surface area contributed by atoms with Gasteiger partial charge in [0.2, 0.25) is 0 Å². The largest absolute Gasteiger partial charge is 0.344 e. The second-order valence-corrected chi connectivity index (χ2v) is 11.2. The lowest BCUT2D eigenvalue weighted by molar-refractivity contribution is 0.0921. The van der Waals surface area contributed by atoms with E-state index >= 15 is 0 Å². The van der Waals surface area contributed by atoms with Crippen molar-refractivity contribution < 1.29 is 9.59 Å². The summed E-state index contributed by atoms with van der Waals surface area (Å²) in [5.74, 6) is 0.737. The number of amides is 1. The van der Waals surface area contributed by atoms with Crippen molar-refractivity contribution in [3.05, 3.63) is 77.2 Å². The van der Waals surface area contributed by atoms with Gasteiger partial charge in [0.25, 0.3) is 5.91 Å². The SMILES string of the molecule is CCCn1c(C)c(C(=O)C(C)Sc2nnc(C(NC(=O)c3ccccc3)C(C)C)n2CC)c2ccccc21. The average Bonchev–Trinajstić information content (AvgIpc) is 3.44. The number of ketones is 1. The molecule has 2 aromatic heterocycles. The Hall–Kier alpha value is -3.39. The molecule has 38 heavy (non-hydrogen) atoms. The van der Waals surface area contributed by atoms with Crippen LogP contribution in [-0.2, 0) is 13.1 Å². The highest BCUT2D eigenvalue weighted by Crippen LogP contribution is 2.33. The molecule has 2 aromatic carbocycles. The highest BCUT2D eigenvalue weighted by atomic mass is 32.2.